The van der Waals surface area contributed by atoms with Crippen molar-refractivity contribution in [1.82, 2.24) is 25.2 Å². The zero-order chi connectivity index (χ0) is 32.7. The van der Waals surface area contributed by atoms with Gasteiger partial charge in [-0.15, -0.1) is 6.42 Å². The van der Waals surface area contributed by atoms with Gasteiger partial charge in [-0.1, -0.05) is 12.0 Å². The van der Waals surface area contributed by atoms with Crippen molar-refractivity contribution >= 4 is 27.5 Å². The molecule has 2 bridgehead atoms. The van der Waals surface area contributed by atoms with Gasteiger partial charge in [0.05, 0.1) is 32.0 Å². The molecule has 4 saturated heterocycles. The van der Waals surface area contributed by atoms with E-state index in [9.17, 15) is 9.50 Å². The molecule has 2 aromatic carbocycles. The smallest absolute Gasteiger partial charge is 0.319 e. The summed E-state index contributed by atoms with van der Waals surface area (Å²) in [6.07, 6.45) is 10.2. The Hall–Kier alpha value is -4.31. The van der Waals surface area contributed by atoms with Crippen LogP contribution in [0.1, 0.15) is 31.2 Å². The van der Waals surface area contributed by atoms with Gasteiger partial charge >= 0.3 is 6.01 Å². The van der Waals surface area contributed by atoms with Crippen LogP contribution in [0.5, 0.6) is 17.6 Å². The number of methoxy groups -OCH3 is 1. The van der Waals surface area contributed by atoms with E-state index >= 15 is 4.39 Å². The van der Waals surface area contributed by atoms with Gasteiger partial charge < -0.3 is 29.5 Å². The highest BCUT2D eigenvalue weighted by atomic mass is 19.1. The minimum atomic E-state index is -0.773. The molecule has 10 nitrogen and oxygen atoms in total. The number of likely N-dealkylation sites (tertiary alicyclic amines) is 1. The van der Waals surface area contributed by atoms with Gasteiger partial charge in [-0.25, -0.2) is 13.8 Å². The number of nitrogens with zero attached hydrogens (tertiary/aromatic N) is 5. The molecular formula is C36H36F2N6O4. The number of phenols is 1. The SMILES string of the molecule is C#Cc1c(F)ccc2cc(O)cc(-c3nc(OC)c4c(N5CC6CCC(C5)N6)nc(OCC5(CN6CC7COC7C6)CC5)nc4c3F)c12. The number of aromatic nitrogens is 3. The fourth-order valence-corrected chi connectivity index (χ4v) is 8.19. The van der Waals surface area contributed by atoms with Crippen LogP contribution in [-0.2, 0) is 4.74 Å². The van der Waals surface area contributed by atoms with Gasteiger partial charge in [-0.3, -0.25) is 4.90 Å². The number of piperazine rings is 1. The van der Waals surface area contributed by atoms with Crippen molar-refractivity contribution < 1.29 is 28.1 Å². The van der Waals surface area contributed by atoms with Gasteiger partial charge in [-0.2, -0.15) is 9.97 Å². The van der Waals surface area contributed by atoms with Crippen LogP contribution in [0, 0.1) is 35.3 Å². The van der Waals surface area contributed by atoms with Gasteiger partial charge in [0, 0.05) is 67.1 Å². The van der Waals surface area contributed by atoms with Gasteiger partial charge in [0.2, 0.25) is 5.88 Å². The Morgan fingerprint density at radius 3 is 2.56 bits per heavy atom. The van der Waals surface area contributed by atoms with E-state index in [0.717, 1.165) is 51.9 Å². The number of pyridine rings is 1. The summed E-state index contributed by atoms with van der Waals surface area (Å²) >= 11 is 0. The van der Waals surface area contributed by atoms with Crippen molar-refractivity contribution in [2.24, 2.45) is 11.3 Å². The molecule has 2 N–H and O–H groups in total. The number of halogens is 2. The maximum absolute atomic E-state index is 17.1. The molecule has 4 unspecified atom stereocenters. The average molecular weight is 655 g/mol. The van der Waals surface area contributed by atoms with Gasteiger partial charge in [0.25, 0.3) is 0 Å². The molecule has 9 rings (SSSR count). The lowest BCUT2D eigenvalue weighted by Crippen LogP contribution is -2.51. The summed E-state index contributed by atoms with van der Waals surface area (Å²) in [6, 6.07) is 6.15. The highest BCUT2D eigenvalue weighted by Crippen LogP contribution is 2.48. The minimum absolute atomic E-state index is 0.00771. The topological polar surface area (TPSA) is 105 Å². The van der Waals surface area contributed by atoms with Crippen molar-refractivity contribution in [3.05, 3.63) is 41.5 Å². The molecule has 0 amide bonds. The molecule has 4 atom stereocenters. The molecule has 5 aliphatic rings. The first-order valence-corrected chi connectivity index (χ1v) is 16.7. The summed E-state index contributed by atoms with van der Waals surface area (Å²) < 4.78 is 49.9. The van der Waals surface area contributed by atoms with E-state index in [1.54, 1.807) is 0 Å². The second-order valence-electron chi connectivity index (χ2n) is 14.2. The molecule has 4 aromatic rings. The van der Waals surface area contributed by atoms with Crippen molar-refractivity contribution in [3.63, 3.8) is 0 Å². The summed E-state index contributed by atoms with van der Waals surface area (Å²) in [5.74, 6) is 2.06. The van der Waals surface area contributed by atoms with Crippen LogP contribution in [0.15, 0.2) is 24.3 Å². The molecule has 0 radical (unpaired) electrons. The second kappa shape index (κ2) is 11.1. The van der Waals surface area contributed by atoms with Gasteiger partial charge in [0.1, 0.15) is 34.0 Å². The monoisotopic (exact) mass is 654 g/mol. The lowest BCUT2D eigenvalue weighted by Gasteiger charge is -2.34. The van der Waals surface area contributed by atoms with E-state index < -0.39 is 11.6 Å². The van der Waals surface area contributed by atoms with E-state index in [4.69, 9.17) is 25.6 Å². The average Bonchev–Trinajstić information content (AvgIpc) is 3.69. The zero-order valence-corrected chi connectivity index (χ0v) is 26.6. The summed E-state index contributed by atoms with van der Waals surface area (Å²) in [6.45, 7) is 5.53. The third-order valence-corrected chi connectivity index (χ3v) is 10.9. The predicted molar refractivity (Wildman–Crippen MR) is 175 cm³/mol. The third kappa shape index (κ3) is 4.90. The standard InChI is InChI=1S/C36H36F2N6O4/c1-3-24-26(37)7-4-19-10-23(45)11-25(28(19)24)31-30(38)32-29(34(40-31)46-2)33(44-13-21-5-6-22(14-44)39-21)42-35(41-32)48-18-36(8-9-36)17-43-12-20-16-47-27(20)15-43/h1,4,7,10-11,20-22,27,39,45H,5-6,8-9,12-18H2,2H3. The second-order valence-corrected chi connectivity index (χ2v) is 14.2. The maximum Gasteiger partial charge on any atom is 0.319 e. The molecule has 1 saturated carbocycles. The number of hydrogen-bond acceptors (Lipinski definition) is 10. The van der Waals surface area contributed by atoms with Crippen LogP contribution in [0.25, 0.3) is 32.9 Å². The number of hydrogen-bond donors (Lipinski definition) is 2. The molecule has 5 fully saturated rings. The van der Waals surface area contributed by atoms with Crippen LogP contribution in [-0.4, -0.2) is 96.2 Å². The maximum atomic E-state index is 17.1. The molecule has 4 aliphatic heterocycles. The Bertz CT molecular complexity index is 1990. The highest BCUT2D eigenvalue weighted by Gasteiger charge is 2.49. The Morgan fingerprint density at radius 1 is 1.08 bits per heavy atom. The van der Waals surface area contributed by atoms with Gasteiger partial charge in [-0.05, 0) is 49.3 Å². The number of phenolic OH excluding ortho intramolecular Hbond substituents is 1. The zero-order valence-electron chi connectivity index (χ0n) is 26.6. The van der Waals surface area contributed by atoms with E-state index in [-0.39, 0.29) is 62.9 Å². The van der Waals surface area contributed by atoms with Crippen molar-refractivity contribution in [2.75, 3.05) is 57.9 Å². The minimum Gasteiger partial charge on any atom is -0.508 e. The first-order valence-electron chi connectivity index (χ1n) is 16.7. The van der Waals surface area contributed by atoms with E-state index in [1.165, 1.54) is 31.4 Å². The number of terminal acetylenes is 1. The Morgan fingerprint density at radius 2 is 1.90 bits per heavy atom. The number of aromatic hydroxyl groups is 1. The van der Waals surface area contributed by atoms with Crippen LogP contribution in [0.4, 0.5) is 14.6 Å². The highest BCUT2D eigenvalue weighted by molar-refractivity contribution is 6.04. The largest absolute Gasteiger partial charge is 0.508 e. The van der Waals surface area contributed by atoms with Crippen molar-refractivity contribution in [3.8, 4) is 41.2 Å². The number of nitrogens with one attached hydrogen (secondary N) is 1. The van der Waals surface area contributed by atoms with Gasteiger partial charge in [0.15, 0.2) is 5.82 Å². The van der Waals surface area contributed by atoms with Crippen molar-refractivity contribution in [2.45, 2.75) is 43.9 Å². The fourth-order valence-electron chi connectivity index (χ4n) is 8.19. The lowest BCUT2D eigenvalue weighted by atomic mass is 9.95. The van der Waals surface area contributed by atoms with Crippen molar-refractivity contribution in [1.29, 1.82) is 0 Å². The molecule has 48 heavy (non-hydrogen) atoms. The number of ether oxygens (including phenoxy) is 3. The molecular weight excluding hydrogens is 618 g/mol. The van der Waals surface area contributed by atoms with Crippen LogP contribution in [0.3, 0.4) is 0 Å². The van der Waals surface area contributed by atoms with E-state index in [0.29, 0.717) is 48.3 Å². The lowest BCUT2D eigenvalue weighted by molar-refractivity contribution is -0.0831. The fraction of sp³-hybridized carbons (Fsp3) is 0.472. The molecule has 1 aliphatic carbocycles. The Balaban J connectivity index is 1.16. The van der Waals surface area contributed by atoms with E-state index in [2.05, 4.69) is 31.0 Å². The first-order chi connectivity index (χ1) is 23.3. The molecule has 0 spiro atoms. The Labute approximate surface area is 276 Å². The third-order valence-electron chi connectivity index (χ3n) is 10.9. The first kappa shape index (κ1) is 29.8. The predicted octanol–water partition coefficient (Wildman–Crippen LogP) is 4.25. The van der Waals surface area contributed by atoms with Crippen LogP contribution >= 0.6 is 0 Å². The summed E-state index contributed by atoms with van der Waals surface area (Å²) in [7, 11) is 1.46. The number of fused-ring (bicyclic) bond motifs is 5. The molecule has 12 heteroatoms. The molecule has 248 valence electrons. The quantitative estimate of drug-likeness (QED) is 0.268. The number of benzene rings is 2. The van der Waals surface area contributed by atoms with Crippen LogP contribution < -0.4 is 19.7 Å². The summed E-state index contributed by atoms with van der Waals surface area (Å²) in [5.41, 5.74) is -0.150. The van der Waals surface area contributed by atoms with Crippen LogP contribution in [0.2, 0.25) is 0 Å². The van der Waals surface area contributed by atoms with E-state index in [1.807, 2.05) is 0 Å². The molecule has 2 aromatic heterocycles. The normalized spacial score (nSPS) is 25.6. The summed E-state index contributed by atoms with van der Waals surface area (Å²) in [4.78, 5) is 18.8. The Kier molecular flexibility index (Phi) is 6.90. The summed E-state index contributed by atoms with van der Waals surface area (Å²) in [5, 5.41) is 15.3. The molecule has 6 heterocycles. The number of rotatable bonds is 8. The number of anilines is 1.